The first kappa shape index (κ1) is 33.4. The molecule has 1 fully saturated rings. The highest BCUT2D eigenvalue weighted by Crippen LogP contribution is 2.30. The van der Waals surface area contributed by atoms with E-state index < -0.39 is 0 Å². The second-order valence-corrected chi connectivity index (χ2v) is 12.3. The standard InChI is InChI=1S/C12H14FNS2.C7H14.C7H16.C4H10/c1-2-3-4-7-15-12-14-10-6-5-9(13)8-11(10)16-12;1-7-5-3-2-4-6-7;1-4-5-6-7(2)3;1-3-4-2/h5-6,8H,2-4,7H2,1H3;7H,2-6H2,1H3;7H,4-6H2,1-3H3;3-4H2,1-2H3. The maximum absolute atomic E-state index is 13.0. The second kappa shape index (κ2) is 22.8. The lowest BCUT2D eigenvalue weighted by atomic mass is 9.91. The zero-order valence-electron chi connectivity index (χ0n) is 23.4. The molecule has 1 heterocycles. The molecule has 4 heteroatoms. The maximum Gasteiger partial charge on any atom is 0.151 e. The van der Waals surface area contributed by atoms with Crippen LogP contribution in [-0.2, 0) is 0 Å². The van der Waals surface area contributed by atoms with Gasteiger partial charge in [-0.2, -0.15) is 0 Å². The molecule has 1 aliphatic carbocycles. The molecule has 34 heavy (non-hydrogen) atoms. The summed E-state index contributed by atoms with van der Waals surface area (Å²) in [4.78, 5) is 4.47. The monoisotopic (exact) mass is 511 g/mol. The molecule has 3 rings (SSSR count). The third-order valence-electron chi connectivity index (χ3n) is 5.83. The fourth-order valence-corrected chi connectivity index (χ4v) is 5.53. The second-order valence-electron chi connectivity index (χ2n) is 9.93. The molecule has 0 spiro atoms. The van der Waals surface area contributed by atoms with Crippen molar-refractivity contribution in [2.75, 3.05) is 5.75 Å². The Kier molecular flexibility index (Phi) is 22.4. The van der Waals surface area contributed by atoms with Crippen LogP contribution >= 0.6 is 23.1 Å². The van der Waals surface area contributed by atoms with Gasteiger partial charge in [-0.1, -0.05) is 137 Å². The van der Waals surface area contributed by atoms with Crippen LogP contribution in [-0.4, -0.2) is 10.7 Å². The normalized spacial score (nSPS) is 13.4. The van der Waals surface area contributed by atoms with E-state index in [1.165, 1.54) is 89.5 Å². The molecular weight excluding hydrogens is 457 g/mol. The Morgan fingerprint density at radius 3 is 2.06 bits per heavy atom. The quantitative estimate of drug-likeness (QED) is 0.245. The molecule has 0 N–H and O–H groups in total. The molecule has 0 atom stereocenters. The Bertz CT molecular complexity index is 690. The van der Waals surface area contributed by atoms with Crippen molar-refractivity contribution < 1.29 is 4.39 Å². The molecule has 0 radical (unpaired) electrons. The van der Waals surface area contributed by atoms with Gasteiger partial charge in [-0.05, 0) is 36.5 Å². The van der Waals surface area contributed by atoms with E-state index in [9.17, 15) is 4.39 Å². The van der Waals surface area contributed by atoms with Crippen LogP contribution in [0.2, 0.25) is 0 Å². The van der Waals surface area contributed by atoms with Crippen LogP contribution in [0.4, 0.5) is 4.39 Å². The number of nitrogens with zero attached hydrogens (tertiary/aromatic N) is 1. The molecule has 1 aliphatic rings. The summed E-state index contributed by atoms with van der Waals surface area (Å²) in [6.07, 6.45) is 18.0. The van der Waals surface area contributed by atoms with Crippen LogP contribution in [0.1, 0.15) is 132 Å². The number of rotatable bonds is 9. The number of hydrogen-bond donors (Lipinski definition) is 0. The van der Waals surface area contributed by atoms with Crippen molar-refractivity contribution in [3.05, 3.63) is 24.0 Å². The number of aromatic nitrogens is 1. The van der Waals surface area contributed by atoms with Gasteiger partial charge in [-0.25, -0.2) is 9.37 Å². The van der Waals surface area contributed by atoms with Crippen molar-refractivity contribution in [2.24, 2.45) is 11.8 Å². The fourth-order valence-electron chi connectivity index (χ4n) is 3.37. The van der Waals surface area contributed by atoms with Crippen LogP contribution in [0, 0.1) is 17.7 Å². The van der Waals surface area contributed by atoms with Crippen LogP contribution in [0.3, 0.4) is 0 Å². The Hall–Kier alpha value is -0.610. The number of halogens is 1. The molecular formula is C30H54FNS2. The highest BCUT2D eigenvalue weighted by molar-refractivity contribution is 8.01. The predicted octanol–water partition coefficient (Wildman–Crippen LogP) is 11.9. The lowest BCUT2D eigenvalue weighted by molar-refractivity contribution is 0.385. The van der Waals surface area contributed by atoms with Gasteiger partial charge in [0.25, 0.3) is 0 Å². The van der Waals surface area contributed by atoms with E-state index >= 15 is 0 Å². The highest BCUT2D eigenvalue weighted by Gasteiger charge is 2.06. The minimum absolute atomic E-state index is 0.182. The van der Waals surface area contributed by atoms with Crippen molar-refractivity contribution in [3.63, 3.8) is 0 Å². The molecule has 0 bridgehead atoms. The largest absolute Gasteiger partial charge is 0.230 e. The first-order valence-electron chi connectivity index (χ1n) is 14.1. The molecule has 0 aliphatic heterocycles. The van der Waals surface area contributed by atoms with Gasteiger partial charge in [0.1, 0.15) is 5.82 Å². The van der Waals surface area contributed by atoms with E-state index in [1.807, 2.05) is 0 Å². The Labute approximate surface area is 220 Å². The minimum atomic E-state index is -0.182. The van der Waals surface area contributed by atoms with Crippen LogP contribution in [0.5, 0.6) is 0 Å². The van der Waals surface area contributed by atoms with Crippen LogP contribution < -0.4 is 0 Å². The zero-order valence-corrected chi connectivity index (χ0v) is 25.1. The number of unbranched alkanes of at least 4 members (excludes halogenated alkanes) is 4. The third kappa shape index (κ3) is 18.7. The van der Waals surface area contributed by atoms with Gasteiger partial charge in [0.2, 0.25) is 0 Å². The number of thioether (sulfide) groups is 1. The molecule has 0 saturated heterocycles. The number of hydrogen-bond acceptors (Lipinski definition) is 3. The Morgan fingerprint density at radius 1 is 0.941 bits per heavy atom. The topological polar surface area (TPSA) is 12.9 Å². The summed E-state index contributed by atoms with van der Waals surface area (Å²) in [5.41, 5.74) is 0.907. The molecule has 1 saturated carbocycles. The van der Waals surface area contributed by atoms with E-state index in [2.05, 4.69) is 53.5 Å². The molecule has 1 nitrogen and oxygen atoms in total. The van der Waals surface area contributed by atoms with Crippen molar-refractivity contribution in [3.8, 4) is 0 Å². The lowest BCUT2D eigenvalue weighted by Crippen LogP contribution is -1.99. The summed E-state index contributed by atoms with van der Waals surface area (Å²) in [7, 11) is 0. The molecule has 198 valence electrons. The van der Waals surface area contributed by atoms with Crippen molar-refractivity contribution in [1.82, 2.24) is 4.98 Å². The Morgan fingerprint density at radius 2 is 1.59 bits per heavy atom. The van der Waals surface area contributed by atoms with Gasteiger partial charge >= 0.3 is 0 Å². The number of benzene rings is 1. The number of thiazole rings is 1. The van der Waals surface area contributed by atoms with Gasteiger partial charge in [0, 0.05) is 5.75 Å². The zero-order chi connectivity index (χ0) is 25.6. The first-order chi connectivity index (χ1) is 16.4. The summed E-state index contributed by atoms with van der Waals surface area (Å²) >= 11 is 3.36. The SMILES string of the molecule is CC1CCCCC1.CCCC.CCCCC(C)C.CCCCCSc1nc2ccc(F)cc2s1. The van der Waals surface area contributed by atoms with Gasteiger partial charge in [-0.3, -0.25) is 0 Å². The highest BCUT2D eigenvalue weighted by atomic mass is 32.2. The van der Waals surface area contributed by atoms with Crippen molar-refractivity contribution >= 4 is 33.3 Å². The first-order valence-corrected chi connectivity index (χ1v) is 15.9. The van der Waals surface area contributed by atoms with Gasteiger partial charge in [-0.15, -0.1) is 11.3 Å². The third-order valence-corrected chi connectivity index (χ3v) is 8.08. The van der Waals surface area contributed by atoms with Crippen LogP contribution in [0.15, 0.2) is 22.5 Å². The molecule has 1 aromatic carbocycles. The van der Waals surface area contributed by atoms with Crippen molar-refractivity contribution in [2.45, 2.75) is 136 Å². The van der Waals surface area contributed by atoms with Crippen molar-refractivity contribution in [1.29, 1.82) is 0 Å². The van der Waals surface area contributed by atoms with Crippen LogP contribution in [0.25, 0.3) is 10.2 Å². The predicted molar refractivity (Wildman–Crippen MR) is 157 cm³/mol. The molecule has 1 aromatic heterocycles. The van der Waals surface area contributed by atoms with Gasteiger partial charge in [0.05, 0.1) is 10.2 Å². The van der Waals surface area contributed by atoms with Gasteiger partial charge < -0.3 is 0 Å². The summed E-state index contributed by atoms with van der Waals surface area (Å²) < 4.78 is 15.0. The minimum Gasteiger partial charge on any atom is -0.230 e. The van der Waals surface area contributed by atoms with E-state index in [-0.39, 0.29) is 5.82 Å². The molecule has 0 amide bonds. The average molecular weight is 512 g/mol. The molecule has 0 unspecified atom stereocenters. The number of fused-ring (bicyclic) bond motifs is 1. The Balaban J connectivity index is 0.000000504. The lowest BCUT2D eigenvalue weighted by Gasteiger charge is -2.15. The maximum atomic E-state index is 13.0. The summed E-state index contributed by atoms with van der Waals surface area (Å²) in [5, 5.41) is 0. The summed E-state index contributed by atoms with van der Waals surface area (Å²) in [6, 6.07) is 4.77. The smallest absolute Gasteiger partial charge is 0.151 e. The average Bonchev–Trinajstić information content (AvgIpc) is 3.24. The van der Waals surface area contributed by atoms with Gasteiger partial charge in [0.15, 0.2) is 4.34 Å². The van der Waals surface area contributed by atoms with E-state index in [4.69, 9.17) is 0 Å². The summed E-state index contributed by atoms with van der Waals surface area (Å²) in [6.45, 7) is 15.7. The summed E-state index contributed by atoms with van der Waals surface area (Å²) in [5.74, 6) is 2.86. The molecule has 2 aromatic rings. The fraction of sp³-hybridized carbons (Fsp3) is 0.767. The van der Waals surface area contributed by atoms with E-state index in [0.29, 0.717) is 0 Å². The van der Waals surface area contributed by atoms with E-state index in [0.717, 1.165) is 32.1 Å². The van der Waals surface area contributed by atoms with E-state index in [1.54, 1.807) is 35.2 Å².